The number of aromatic nitrogens is 1. The summed E-state index contributed by atoms with van der Waals surface area (Å²) in [5.41, 5.74) is 7.19. The van der Waals surface area contributed by atoms with E-state index in [2.05, 4.69) is 53.4 Å². The van der Waals surface area contributed by atoms with Gasteiger partial charge in [0.1, 0.15) is 12.4 Å². The lowest BCUT2D eigenvalue weighted by Gasteiger charge is -2.36. The summed E-state index contributed by atoms with van der Waals surface area (Å²) in [6, 6.07) is 21.1. The molecule has 0 unspecified atom stereocenters. The highest BCUT2D eigenvalue weighted by atomic mass is 16.7. The van der Waals surface area contributed by atoms with E-state index in [9.17, 15) is 0 Å². The Morgan fingerprint density at radius 3 is 2.49 bits per heavy atom. The van der Waals surface area contributed by atoms with Crippen LogP contribution in [0, 0.1) is 5.92 Å². The van der Waals surface area contributed by atoms with E-state index in [-0.39, 0.29) is 6.29 Å². The van der Waals surface area contributed by atoms with E-state index in [1.54, 1.807) is 14.2 Å². The van der Waals surface area contributed by atoms with Crippen molar-refractivity contribution in [3.63, 3.8) is 0 Å². The molecule has 2 aliphatic rings. The van der Waals surface area contributed by atoms with E-state index in [1.807, 2.05) is 24.4 Å². The van der Waals surface area contributed by atoms with Crippen LogP contribution in [0.4, 0.5) is 5.69 Å². The number of hydrogen-bond acceptors (Lipinski definition) is 5. The van der Waals surface area contributed by atoms with Crippen molar-refractivity contribution in [3.8, 4) is 5.75 Å². The predicted molar refractivity (Wildman–Crippen MR) is 140 cm³/mol. The largest absolute Gasteiger partial charge is 0.489 e. The molecule has 3 aromatic rings. The maximum absolute atomic E-state index is 6.06. The van der Waals surface area contributed by atoms with E-state index < -0.39 is 0 Å². The number of allylic oxidation sites excluding steroid dienone is 1. The maximum atomic E-state index is 6.06. The van der Waals surface area contributed by atoms with Crippen LogP contribution >= 0.6 is 0 Å². The van der Waals surface area contributed by atoms with Gasteiger partial charge < -0.3 is 19.1 Å². The molecule has 5 rings (SSSR count). The van der Waals surface area contributed by atoms with Crippen molar-refractivity contribution in [2.45, 2.75) is 38.6 Å². The first kappa shape index (κ1) is 23.6. The molecule has 182 valence electrons. The molecule has 0 bridgehead atoms. The van der Waals surface area contributed by atoms with E-state index in [4.69, 9.17) is 19.2 Å². The van der Waals surface area contributed by atoms with Gasteiger partial charge in [0.15, 0.2) is 6.29 Å². The monoisotopic (exact) mass is 470 g/mol. The van der Waals surface area contributed by atoms with Gasteiger partial charge in [0.25, 0.3) is 0 Å². The molecule has 1 aliphatic carbocycles. The Morgan fingerprint density at radius 2 is 1.77 bits per heavy atom. The van der Waals surface area contributed by atoms with E-state index in [0.717, 1.165) is 50.2 Å². The lowest BCUT2D eigenvalue weighted by atomic mass is 9.88. The molecule has 0 spiro atoms. The SMILES string of the molecule is COC(OC)C1CCN(c2ccc(C3=CCCc4cc(OCc5ccccc5)ccc43)nc2)CC1. The summed E-state index contributed by atoms with van der Waals surface area (Å²) < 4.78 is 17.0. The van der Waals surface area contributed by atoms with E-state index in [1.165, 1.54) is 28.0 Å². The van der Waals surface area contributed by atoms with Crippen LogP contribution < -0.4 is 9.64 Å². The lowest BCUT2D eigenvalue weighted by molar-refractivity contribution is -0.141. The van der Waals surface area contributed by atoms with Gasteiger partial charge in [-0.05, 0) is 66.6 Å². The molecule has 5 nitrogen and oxygen atoms in total. The van der Waals surface area contributed by atoms with Crippen LogP contribution in [0.2, 0.25) is 0 Å². The van der Waals surface area contributed by atoms with Crippen LogP contribution in [0.3, 0.4) is 0 Å². The van der Waals surface area contributed by atoms with Crippen LogP contribution in [0.15, 0.2) is 72.9 Å². The van der Waals surface area contributed by atoms with Gasteiger partial charge in [0.05, 0.1) is 17.6 Å². The molecular formula is C30H34N2O3. The summed E-state index contributed by atoms with van der Waals surface area (Å²) in [5, 5.41) is 0. The van der Waals surface area contributed by atoms with Crippen LogP contribution in [-0.2, 0) is 22.5 Å². The van der Waals surface area contributed by atoms with Gasteiger partial charge in [-0.25, -0.2) is 0 Å². The number of pyridine rings is 1. The first-order valence-electron chi connectivity index (χ1n) is 12.5. The van der Waals surface area contributed by atoms with Crippen molar-refractivity contribution in [1.29, 1.82) is 0 Å². The zero-order valence-electron chi connectivity index (χ0n) is 20.7. The molecule has 5 heteroatoms. The molecule has 2 aromatic carbocycles. The van der Waals surface area contributed by atoms with Crippen LogP contribution in [-0.4, -0.2) is 38.6 Å². The molecule has 1 aliphatic heterocycles. The van der Waals surface area contributed by atoms with Crippen molar-refractivity contribution >= 4 is 11.3 Å². The van der Waals surface area contributed by atoms with Crippen LogP contribution in [0.1, 0.15) is 41.6 Å². The first-order valence-corrected chi connectivity index (χ1v) is 12.5. The molecule has 1 saturated heterocycles. The highest BCUT2D eigenvalue weighted by Crippen LogP contribution is 2.34. The summed E-state index contributed by atoms with van der Waals surface area (Å²) >= 11 is 0. The summed E-state index contributed by atoms with van der Waals surface area (Å²) in [6.45, 7) is 2.57. The summed E-state index contributed by atoms with van der Waals surface area (Å²) in [4.78, 5) is 7.28. The molecule has 0 amide bonds. The molecule has 35 heavy (non-hydrogen) atoms. The third-order valence-electron chi connectivity index (χ3n) is 7.16. The Balaban J connectivity index is 1.24. The molecular weight excluding hydrogens is 436 g/mol. The number of ether oxygens (including phenoxy) is 3. The zero-order chi connectivity index (χ0) is 24.0. The Labute approximate surface area is 208 Å². The van der Waals surface area contributed by atoms with E-state index >= 15 is 0 Å². The number of hydrogen-bond donors (Lipinski definition) is 0. The fourth-order valence-corrected chi connectivity index (χ4v) is 5.24. The molecule has 0 radical (unpaired) electrons. The Bertz CT molecular complexity index is 1130. The average molecular weight is 471 g/mol. The Morgan fingerprint density at radius 1 is 0.971 bits per heavy atom. The minimum absolute atomic E-state index is 0.111. The number of piperidine rings is 1. The van der Waals surface area contributed by atoms with Gasteiger partial charge in [0, 0.05) is 38.8 Å². The third-order valence-corrected chi connectivity index (χ3v) is 7.16. The second-order valence-electron chi connectivity index (χ2n) is 9.32. The summed E-state index contributed by atoms with van der Waals surface area (Å²) in [7, 11) is 3.44. The predicted octanol–water partition coefficient (Wildman–Crippen LogP) is 5.87. The van der Waals surface area contributed by atoms with Gasteiger partial charge >= 0.3 is 0 Å². The summed E-state index contributed by atoms with van der Waals surface area (Å²) in [6.07, 6.45) is 8.38. The van der Waals surface area contributed by atoms with Crippen molar-refractivity contribution < 1.29 is 14.2 Å². The van der Waals surface area contributed by atoms with Gasteiger partial charge in [-0.15, -0.1) is 0 Å². The number of rotatable bonds is 8. The quantitative estimate of drug-likeness (QED) is 0.385. The molecule has 1 fully saturated rings. The number of anilines is 1. The number of aryl methyl sites for hydroxylation is 1. The highest BCUT2D eigenvalue weighted by Gasteiger charge is 2.27. The molecule has 2 heterocycles. The van der Waals surface area contributed by atoms with Crippen molar-refractivity contribution in [1.82, 2.24) is 4.98 Å². The average Bonchev–Trinajstić information content (AvgIpc) is 2.93. The second-order valence-corrected chi connectivity index (χ2v) is 9.32. The number of fused-ring (bicyclic) bond motifs is 1. The molecule has 0 atom stereocenters. The van der Waals surface area contributed by atoms with Crippen molar-refractivity contribution in [3.05, 3.63) is 95.3 Å². The first-order chi connectivity index (χ1) is 17.2. The smallest absolute Gasteiger partial charge is 0.159 e. The standard InChI is InChI=1S/C30H34N2O3/c1-33-30(34-2)23-15-17-32(18-16-23)25-11-14-29(31-20-25)28-10-6-9-24-19-26(12-13-27(24)28)35-21-22-7-4-3-5-8-22/h3-5,7-8,10-14,19-20,23,30H,6,9,15-18,21H2,1-2H3. The Hall–Kier alpha value is -3.15. The Kier molecular flexibility index (Phi) is 7.45. The minimum Gasteiger partial charge on any atom is -0.489 e. The number of benzene rings is 2. The number of methoxy groups -OCH3 is 2. The highest BCUT2D eigenvalue weighted by molar-refractivity contribution is 5.81. The zero-order valence-corrected chi connectivity index (χ0v) is 20.7. The van der Waals surface area contributed by atoms with E-state index in [0.29, 0.717) is 12.5 Å². The lowest BCUT2D eigenvalue weighted by Crippen LogP contribution is -2.39. The van der Waals surface area contributed by atoms with Gasteiger partial charge in [0.2, 0.25) is 0 Å². The molecule has 0 N–H and O–H groups in total. The topological polar surface area (TPSA) is 43.8 Å². The summed E-state index contributed by atoms with van der Waals surface area (Å²) in [5.74, 6) is 1.36. The fourth-order valence-electron chi connectivity index (χ4n) is 5.24. The minimum atomic E-state index is -0.111. The third kappa shape index (κ3) is 5.42. The van der Waals surface area contributed by atoms with Gasteiger partial charge in [-0.1, -0.05) is 42.5 Å². The maximum Gasteiger partial charge on any atom is 0.159 e. The van der Waals surface area contributed by atoms with Crippen molar-refractivity contribution in [2.24, 2.45) is 5.92 Å². The molecule has 1 aromatic heterocycles. The molecule has 0 saturated carbocycles. The van der Waals surface area contributed by atoms with Gasteiger partial charge in [-0.3, -0.25) is 4.98 Å². The normalized spacial score (nSPS) is 16.2. The van der Waals surface area contributed by atoms with Crippen LogP contribution in [0.5, 0.6) is 5.75 Å². The second kappa shape index (κ2) is 11.1. The number of nitrogens with zero attached hydrogens (tertiary/aromatic N) is 2. The van der Waals surface area contributed by atoms with Gasteiger partial charge in [-0.2, -0.15) is 0 Å². The fraction of sp³-hybridized carbons (Fsp3) is 0.367. The van der Waals surface area contributed by atoms with Crippen LogP contribution in [0.25, 0.3) is 5.57 Å². The van der Waals surface area contributed by atoms with Crippen molar-refractivity contribution in [2.75, 3.05) is 32.2 Å².